The molecule has 0 aromatic carbocycles. The zero-order valence-electron chi connectivity index (χ0n) is 9.04. The maximum Gasteiger partial charge on any atom is 0.146 e. The second-order valence-corrected chi connectivity index (χ2v) is 3.82. The standard InChI is InChI=1S/C10H14BrNO3/c1-7-9(5-15-6-13-2)12-4-8(11)10(7)14-3/h4H,5-6H2,1-3H3. The van der Waals surface area contributed by atoms with Gasteiger partial charge in [-0.2, -0.15) is 0 Å². The van der Waals surface area contributed by atoms with E-state index in [9.17, 15) is 0 Å². The number of hydrogen-bond acceptors (Lipinski definition) is 4. The average molecular weight is 276 g/mol. The molecule has 0 saturated heterocycles. The first-order chi connectivity index (χ1) is 7.20. The lowest BCUT2D eigenvalue weighted by molar-refractivity contribution is -0.0403. The lowest BCUT2D eigenvalue weighted by Gasteiger charge is -2.11. The normalized spacial score (nSPS) is 10.4. The van der Waals surface area contributed by atoms with Crippen molar-refractivity contribution in [2.45, 2.75) is 13.5 Å². The van der Waals surface area contributed by atoms with Crippen LogP contribution in [0.15, 0.2) is 10.7 Å². The summed E-state index contributed by atoms with van der Waals surface area (Å²) in [7, 11) is 3.22. The topological polar surface area (TPSA) is 40.6 Å². The van der Waals surface area contributed by atoms with E-state index < -0.39 is 0 Å². The number of nitrogens with zero attached hydrogens (tertiary/aromatic N) is 1. The molecule has 0 fully saturated rings. The van der Waals surface area contributed by atoms with Gasteiger partial charge in [0.2, 0.25) is 0 Å². The predicted molar refractivity (Wildman–Crippen MR) is 59.9 cm³/mol. The Hall–Kier alpha value is -0.650. The second-order valence-electron chi connectivity index (χ2n) is 2.97. The summed E-state index contributed by atoms with van der Waals surface area (Å²) in [5.74, 6) is 0.793. The molecule has 0 saturated carbocycles. The van der Waals surface area contributed by atoms with Crippen LogP contribution in [0.5, 0.6) is 5.75 Å². The van der Waals surface area contributed by atoms with Crippen molar-refractivity contribution < 1.29 is 14.2 Å². The van der Waals surface area contributed by atoms with Crippen molar-refractivity contribution in [2.75, 3.05) is 21.0 Å². The molecule has 0 radical (unpaired) electrons. The van der Waals surface area contributed by atoms with Crippen LogP contribution in [0.2, 0.25) is 0 Å². The van der Waals surface area contributed by atoms with Gasteiger partial charge in [0.05, 0.1) is 23.9 Å². The van der Waals surface area contributed by atoms with Crippen molar-refractivity contribution in [1.82, 2.24) is 4.98 Å². The molecular formula is C10H14BrNO3. The largest absolute Gasteiger partial charge is 0.495 e. The summed E-state index contributed by atoms with van der Waals surface area (Å²) < 4.78 is 16.1. The highest BCUT2D eigenvalue weighted by Crippen LogP contribution is 2.29. The van der Waals surface area contributed by atoms with Crippen LogP contribution in [0.25, 0.3) is 0 Å². The first-order valence-corrected chi connectivity index (χ1v) is 5.24. The van der Waals surface area contributed by atoms with Gasteiger partial charge in [-0.05, 0) is 22.9 Å². The van der Waals surface area contributed by atoms with Gasteiger partial charge in [-0.25, -0.2) is 0 Å². The quantitative estimate of drug-likeness (QED) is 0.611. The van der Waals surface area contributed by atoms with E-state index in [2.05, 4.69) is 20.9 Å². The van der Waals surface area contributed by atoms with Gasteiger partial charge in [0.25, 0.3) is 0 Å². The third-order valence-corrected chi connectivity index (χ3v) is 2.53. The Labute approximate surface area is 97.7 Å². The molecule has 1 rings (SSSR count). The minimum atomic E-state index is 0.263. The van der Waals surface area contributed by atoms with E-state index in [0.717, 1.165) is 21.5 Å². The monoisotopic (exact) mass is 275 g/mol. The zero-order chi connectivity index (χ0) is 11.3. The molecule has 5 heteroatoms. The summed E-state index contributed by atoms with van der Waals surface area (Å²) in [6.07, 6.45) is 1.71. The van der Waals surface area contributed by atoms with Crippen LogP contribution in [0.3, 0.4) is 0 Å². The summed E-state index contributed by atoms with van der Waals surface area (Å²) in [4.78, 5) is 4.25. The highest BCUT2D eigenvalue weighted by Gasteiger charge is 2.09. The number of pyridine rings is 1. The molecule has 0 N–H and O–H groups in total. The fraction of sp³-hybridized carbons (Fsp3) is 0.500. The molecule has 0 aliphatic carbocycles. The van der Waals surface area contributed by atoms with Gasteiger partial charge in [-0.1, -0.05) is 0 Å². The zero-order valence-corrected chi connectivity index (χ0v) is 10.6. The minimum absolute atomic E-state index is 0.263. The maximum atomic E-state index is 5.25. The molecular weight excluding hydrogens is 262 g/mol. The van der Waals surface area contributed by atoms with Crippen LogP contribution < -0.4 is 4.74 Å². The second kappa shape index (κ2) is 6.05. The number of rotatable bonds is 5. The highest BCUT2D eigenvalue weighted by atomic mass is 79.9. The van der Waals surface area contributed by atoms with Gasteiger partial charge < -0.3 is 14.2 Å². The summed E-state index contributed by atoms with van der Waals surface area (Å²) in [5.41, 5.74) is 1.83. The highest BCUT2D eigenvalue weighted by molar-refractivity contribution is 9.10. The predicted octanol–water partition coefficient (Wildman–Crippen LogP) is 2.28. The summed E-state index contributed by atoms with van der Waals surface area (Å²) in [5, 5.41) is 0. The van der Waals surface area contributed by atoms with Crippen molar-refractivity contribution in [3.63, 3.8) is 0 Å². The van der Waals surface area contributed by atoms with Crippen molar-refractivity contribution in [3.05, 3.63) is 21.9 Å². The van der Waals surface area contributed by atoms with E-state index in [1.54, 1.807) is 20.4 Å². The SMILES string of the molecule is COCOCc1ncc(Br)c(OC)c1C. The molecule has 0 aliphatic rings. The Morgan fingerprint density at radius 1 is 1.40 bits per heavy atom. The van der Waals surface area contributed by atoms with Crippen LogP contribution >= 0.6 is 15.9 Å². The average Bonchev–Trinajstić information content (AvgIpc) is 2.22. The Balaban J connectivity index is 2.80. The van der Waals surface area contributed by atoms with Crippen molar-refractivity contribution in [1.29, 1.82) is 0 Å². The first-order valence-electron chi connectivity index (χ1n) is 4.45. The molecule has 1 aromatic rings. The van der Waals surface area contributed by atoms with Gasteiger partial charge in [0.15, 0.2) is 0 Å². The number of aromatic nitrogens is 1. The van der Waals surface area contributed by atoms with E-state index in [0.29, 0.717) is 6.61 Å². The van der Waals surface area contributed by atoms with Crippen LogP contribution in [-0.4, -0.2) is 26.0 Å². The van der Waals surface area contributed by atoms with Crippen molar-refractivity contribution in [2.24, 2.45) is 0 Å². The Kier molecular flexibility index (Phi) is 5.01. The number of ether oxygens (including phenoxy) is 3. The fourth-order valence-corrected chi connectivity index (χ4v) is 1.78. The molecule has 1 aromatic heterocycles. The minimum Gasteiger partial charge on any atom is -0.495 e. The molecule has 1 heterocycles. The van der Waals surface area contributed by atoms with Gasteiger partial charge in [-0.15, -0.1) is 0 Å². The van der Waals surface area contributed by atoms with Crippen molar-refractivity contribution >= 4 is 15.9 Å². The summed E-state index contributed by atoms with van der Waals surface area (Å²) in [6.45, 7) is 2.63. The van der Waals surface area contributed by atoms with Crippen LogP contribution in [0.1, 0.15) is 11.3 Å². The fourth-order valence-electron chi connectivity index (χ4n) is 1.22. The lowest BCUT2D eigenvalue weighted by atomic mass is 10.2. The van der Waals surface area contributed by atoms with Crippen LogP contribution in [-0.2, 0) is 16.1 Å². The Morgan fingerprint density at radius 2 is 2.13 bits per heavy atom. The number of methoxy groups -OCH3 is 2. The van der Waals surface area contributed by atoms with Gasteiger partial charge in [0.1, 0.15) is 12.5 Å². The van der Waals surface area contributed by atoms with E-state index >= 15 is 0 Å². The van der Waals surface area contributed by atoms with E-state index in [-0.39, 0.29) is 6.79 Å². The Morgan fingerprint density at radius 3 is 2.73 bits per heavy atom. The maximum absolute atomic E-state index is 5.25. The molecule has 0 bridgehead atoms. The van der Waals surface area contributed by atoms with Gasteiger partial charge >= 0.3 is 0 Å². The Bertz CT molecular complexity index is 331. The van der Waals surface area contributed by atoms with E-state index in [1.807, 2.05) is 6.92 Å². The van der Waals surface area contributed by atoms with Crippen LogP contribution in [0, 0.1) is 6.92 Å². The molecule has 0 amide bonds. The number of halogens is 1. The smallest absolute Gasteiger partial charge is 0.146 e. The van der Waals surface area contributed by atoms with Gasteiger partial charge in [-0.3, -0.25) is 4.98 Å². The summed E-state index contributed by atoms with van der Waals surface area (Å²) >= 11 is 3.37. The summed E-state index contributed by atoms with van der Waals surface area (Å²) in [6, 6.07) is 0. The first kappa shape index (κ1) is 12.4. The van der Waals surface area contributed by atoms with Gasteiger partial charge in [0, 0.05) is 18.9 Å². The third kappa shape index (κ3) is 3.15. The number of hydrogen-bond donors (Lipinski definition) is 0. The molecule has 4 nitrogen and oxygen atoms in total. The lowest BCUT2D eigenvalue weighted by Crippen LogP contribution is -2.03. The molecule has 84 valence electrons. The molecule has 0 spiro atoms. The van der Waals surface area contributed by atoms with E-state index in [4.69, 9.17) is 14.2 Å². The third-order valence-electron chi connectivity index (χ3n) is 1.97. The molecule has 15 heavy (non-hydrogen) atoms. The van der Waals surface area contributed by atoms with Crippen molar-refractivity contribution in [3.8, 4) is 5.75 Å². The van der Waals surface area contributed by atoms with Crippen LogP contribution in [0.4, 0.5) is 0 Å². The van der Waals surface area contributed by atoms with E-state index in [1.165, 1.54) is 0 Å². The molecule has 0 atom stereocenters. The molecule has 0 unspecified atom stereocenters. The molecule has 0 aliphatic heterocycles.